The van der Waals surface area contributed by atoms with Crippen molar-refractivity contribution in [3.8, 4) is 56.4 Å². The summed E-state index contributed by atoms with van der Waals surface area (Å²) in [6.45, 7) is 0. The Bertz CT molecular complexity index is 3590. The first-order chi connectivity index (χ1) is 28.7. The molecule has 0 bridgehead atoms. The SMILES string of the molecule is c1ccc(-c2cccc(-c3nc(-c4cccc(-c5cccc6c5sc5c6ccc6ccc7ccccc7c65)c4)nc(-c4ccc5c(c4)oc4ccccc45)n3)c2)cc1. The fraction of sp³-hybridized carbons (Fsp3) is 0. The van der Waals surface area contributed by atoms with Crippen LogP contribution in [0.5, 0.6) is 0 Å². The van der Waals surface area contributed by atoms with Crippen molar-refractivity contribution < 1.29 is 4.42 Å². The maximum absolute atomic E-state index is 6.31. The second-order valence-corrected chi connectivity index (χ2v) is 15.8. The van der Waals surface area contributed by atoms with Crippen LogP contribution < -0.4 is 0 Å². The summed E-state index contributed by atoms with van der Waals surface area (Å²) in [6, 6.07) is 66.2. The highest BCUT2D eigenvalue weighted by molar-refractivity contribution is 7.27. The molecule has 0 N–H and O–H groups in total. The van der Waals surface area contributed by atoms with E-state index in [4.69, 9.17) is 19.4 Å². The number of fused-ring (bicyclic) bond motifs is 10. The van der Waals surface area contributed by atoms with Gasteiger partial charge in [0.15, 0.2) is 17.5 Å². The van der Waals surface area contributed by atoms with Crippen LogP contribution in [0, 0.1) is 0 Å². The lowest BCUT2D eigenvalue weighted by Gasteiger charge is -2.11. The first-order valence-corrected chi connectivity index (χ1v) is 20.2. The third-order valence-electron chi connectivity index (χ3n) is 11.3. The highest BCUT2D eigenvalue weighted by Gasteiger charge is 2.18. The Kier molecular flexibility index (Phi) is 7.37. The van der Waals surface area contributed by atoms with Crippen molar-refractivity contribution in [2.24, 2.45) is 0 Å². The Morgan fingerprint density at radius 2 is 0.879 bits per heavy atom. The number of hydrogen-bond donors (Lipinski definition) is 0. The minimum absolute atomic E-state index is 0.587. The summed E-state index contributed by atoms with van der Waals surface area (Å²) in [6.07, 6.45) is 0. The van der Waals surface area contributed by atoms with Crippen LogP contribution >= 0.6 is 11.3 Å². The van der Waals surface area contributed by atoms with Gasteiger partial charge in [-0.2, -0.15) is 0 Å². The molecule has 0 radical (unpaired) electrons. The molecule has 270 valence electrons. The number of para-hydroxylation sites is 1. The van der Waals surface area contributed by atoms with Crippen LogP contribution in [0.4, 0.5) is 0 Å². The van der Waals surface area contributed by atoms with Crippen LogP contribution in [0.3, 0.4) is 0 Å². The first kappa shape index (κ1) is 32.7. The van der Waals surface area contributed by atoms with E-state index in [-0.39, 0.29) is 0 Å². The van der Waals surface area contributed by atoms with Crippen LogP contribution in [0.25, 0.3) is 120 Å². The number of nitrogens with zero attached hydrogens (tertiary/aromatic N) is 3. The molecule has 0 aliphatic carbocycles. The minimum atomic E-state index is 0.587. The van der Waals surface area contributed by atoms with Crippen LogP contribution in [-0.4, -0.2) is 15.0 Å². The maximum atomic E-state index is 6.31. The molecule has 0 saturated heterocycles. The van der Waals surface area contributed by atoms with E-state index in [0.717, 1.165) is 55.3 Å². The number of aromatic nitrogens is 3. The largest absolute Gasteiger partial charge is 0.456 e. The normalized spacial score (nSPS) is 11.8. The van der Waals surface area contributed by atoms with E-state index < -0.39 is 0 Å². The van der Waals surface area contributed by atoms with Gasteiger partial charge >= 0.3 is 0 Å². The first-order valence-electron chi connectivity index (χ1n) is 19.4. The van der Waals surface area contributed by atoms with Gasteiger partial charge in [0.2, 0.25) is 0 Å². The van der Waals surface area contributed by atoms with Gasteiger partial charge in [0.1, 0.15) is 11.2 Å². The monoisotopic (exact) mass is 757 g/mol. The van der Waals surface area contributed by atoms with Gasteiger partial charge in [0, 0.05) is 53.0 Å². The van der Waals surface area contributed by atoms with Crippen LogP contribution in [0.2, 0.25) is 0 Å². The Balaban J connectivity index is 1.03. The van der Waals surface area contributed by atoms with Gasteiger partial charge in [-0.1, -0.05) is 158 Å². The third-order valence-corrected chi connectivity index (χ3v) is 12.6. The molecule has 0 aliphatic heterocycles. The lowest BCUT2D eigenvalue weighted by atomic mass is 9.98. The van der Waals surface area contributed by atoms with E-state index in [1.807, 2.05) is 41.7 Å². The Labute approximate surface area is 337 Å². The van der Waals surface area contributed by atoms with Gasteiger partial charge in [0.05, 0.1) is 0 Å². The third kappa shape index (κ3) is 5.32. The van der Waals surface area contributed by atoms with Crippen LogP contribution in [-0.2, 0) is 0 Å². The molecule has 0 fully saturated rings. The van der Waals surface area contributed by atoms with E-state index in [0.29, 0.717) is 17.5 Å². The van der Waals surface area contributed by atoms with Crippen molar-refractivity contribution in [3.63, 3.8) is 0 Å². The molecular formula is C53H31N3OS. The number of furan rings is 1. The molecule has 4 nitrogen and oxygen atoms in total. The fourth-order valence-corrected chi connectivity index (χ4v) is 9.90. The molecule has 5 heteroatoms. The standard InChI is InChI=1S/C53H31N3OS/c1-2-11-32(12-3-1)35-14-8-16-37(29-35)51-54-52(56-53(55-51)39-26-27-43-42-19-6-7-22-46(42)57-47(43)31-39)38-17-9-15-36(30-38)41-20-10-21-44-45-28-25-34-24-23-33-13-4-5-18-40(33)48(34)50(45)58-49(41)44/h1-31H. The zero-order chi connectivity index (χ0) is 38.2. The summed E-state index contributed by atoms with van der Waals surface area (Å²) in [4.78, 5) is 15.5. The molecule has 12 rings (SSSR count). The van der Waals surface area contributed by atoms with E-state index >= 15 is 0 Å². The average Bonchev–Trinajstić information content (AvgIpc) is 3.87. The molecule has 12 aromatic rings. The predicted molar refractivity (Wildman–Crippen MR) is 242 cm³/mol. The Morgan fingerprint density at radius 3 is 1.71 bits per heavy atom. The Morgan fingerprint density at radius 1 is 0.328 bits per heavy atom. The van der Waals surface area contributed by atoms with Gasteiger partial charge in [-0.3, -0.25) is 0 Å². The Hall–Kier alpha value is -7.47. The predicted octanol–water partition coefficient (Wildman–Crippen LogP) is 14.8. The summed E-state index contributed by atoms with van der Waals surface area (Å²) in [5.41, 5.74) is 8.90. The lowest BCUT2D eigenvalue weighted by Crippen LogP contribution is -2.00. The zero-order valence-corrected chi connectivity index (χ0v) is 31.9. The van der Waals surface area contributed by atoms with Crippen molar-refractivity contribution in [1.82, 2.24) is 15.0 Å². The highest BCUT2D eigenvalue weighted by Crippen LogP contribution is 2.45. The van der Waals surface area contributed by atoms with Crippen molar-refractivity contribution in [3.05, 3.63) is 188 Å². The number of thiophene rings is 1. The van der Waals surface area contributed by atoms with E-state index in [1.165, 1.54) is 47.3 Å². The molecule has 3 aromatic heterocycles. The number of benzene rings is 9. The fourth-order valence-electron chi connectivity index (χ4n) is 8.49. The van der Waals surface area contributed by atoms with Gasteiger partial charge in [0.25, 0.3) is 0 Å². The molecule has 0 amide bonds. The second-order valence-electron chi connectivity index (χ2n) is 14.8. The summed E-state index contributed by atoms with van der Waals surface area (Å²) in [5, 5.41) is 9.83. The molecule has 9 aromatic carbocycles. The summed E-state index contributed by atoms with van der Waals surface area (Å²) in [5.74, 6) is 1.81. The maximum Gasteiger partial charge on any atom is 0.164 e. The van der Waals surface area contributed by atoms with Gasteiger partial charge in [-0.15, -0.1) is 11.3 Å². The van der Waals surface area contributed by atoms with Crippen molar-refractivity contribution in [1.29, 1.82) is 0 Å². The smallest absolute Gasteiger partial charge is 0.164 e. The molecule has 0 atom stereocenters. The molecular weight excluding hydrogens is 727 g/mol. The second kappa shape index (κ2) is 13.1. The molecule has 0 spiro atoms. The van der Waals surface area contributed by atoms with Crippen molar-refractivity contribution in [2.75, 3.05) is 0 Å². The van der Waals surface area contributed by atoms with E-state index in [2.05, 4.69) is 158 Å². The topological polar surface area (TPSA) is 51.8 Å². The number of rotatable bonds is 5. The molecule has 0 saturated carbocycles. The van der Waals surface area contributed by atoms with Crippen LogP contribution in [0.1, 0.15) is 0 Å². The van der Waals surface area contributed by atoms with Gasteiger partial charge in [-0.05, 0) is 68.7 Å². The van der Waals surface area contributed by atoms with Gasteiger partial charge in [-0.25, -0.2) is 15.0 Å². The van der Waals surface area contributed by atoms with Crippen molar-refractivity contribution >= 4 is 75.0 Å². The molecule has 0 aliphatic rings. The summed E-state index contributed by atoms with van der Waals surface area (Å²) in [7, 11) is 0. The number of hydrogen-bond acceptors (Lipinski definition) is 5. The van der Waals surface area contributed by atoms with Gasteiger partial charge < -0.3 is 4.42 Å². The average molecular weight is 758 g/mol. The van der Waals surface area contributed by atoms with E-state index in [9.17, 15) is 0 Å². The molecule has 0 unspecified atom stereocenters. The quantitative estimate of drug-likeness (QED) is 0.164. The summed E-state index contributed by atoms with van der Waals surface area (Å²) >= 11 is 1.88. The highest BCUT2D eigenvalue weighted by atomic mass is 32.1. The van der Waals surface area contributed by atoms with E-state index in [1.54, 1.807) is 0 Å². The van der Waals surface area contributed by atoms with Crippen LogP contribution in [0.15, 0.2) is 192 Å². The molecule has 58 heavy (non-hydrogen) atoms. The zero-order valence-electron chi connectivity index (χ0n) is 31.1. The van der Waals surface area contributed by atoms with Crippen molar-refractivity contribution in [2.45, 2.75) is 0 Å². The summed E-state index contributed by atoms with van der Waals surface area (Å²) < 4.78 is 8.89. The minimum Gasteiger partial charge on any atom is -0.456 e. The lowest BCUT2D eigenvalue weighted by molar-refractivity contribution is 0.669. The molecule has 3 heterocycles.